The number of carboxylic acid groups (broad SMARTS) is 1. The predicted molar refractivity (Wildman–Crippen MR) is 138 cm³/mol. The smallest absolute Gasteiger partial charge is 0.330 e. The van der Waals surface area contributed by atoms with Crippen LogP contribution in [-0.2, 0) is 16.6 Å². The fraction of sp³-hybridized carbons (Fsp3) is 0.321. The van der Waals surface area contributed by atoms with E-state index in [4.69, 9.17) is 4.42 Å². The number of hydrogen-bond donors (Lipinski definition) is 1. The molecule has 190 valence electrons. The quantitative estimate of drug-likeness (QED) is 0.372. The Morgan fingerprint density at radius 1 is 1.14 bits per heavy atom. The maximum Gasteiger partial charge on any atom is 0.330 e. The first-order valence-electron chi connectivity index (χ1n) is 12.1. The van der Waals surface area contributed by atoms with Gasteiger partial charge < -0.3 is 14.4 Å². The summed E-state index contributed by atoms with van der Waals surface area (Å²) in [5.41, 5.74) is 0.671. The largest absolute Gasteiger partial charge is 0.479 e. The molecule has 3 atom stereocenters. The molecule has 0 aliphatic carbocycles. The Hall–Kier alpha value is -3.85. The van der Waals surface area contributed by atoms with Gasteiger partial charge in [-0.1, -0.05) is 63.2 Å². The Bertz CT molecular complexity index is 1370. The van der Waals surface area contributed by atoms with Gasteiger partial charge in [0.25, 0.3) is 5.91 Å². The highest BCUT2D eigenvalue weighted by molar-refractivity contribution is 7.09. The van der Waals surface area contributed by atoms with Crippen LogP contribution in [-0.4, -0.2) is 42.6 Å². The summed E-state index contributed by atoms with van der Waals surface area (Å²) in [6, 6.07) is 16.1. The Kier molecular flexibility index (Phi) is 6.41. The first kappa shape index (κ1) is 24.8. The number of nitrogens with zero attached hydrogens (tertiary/aromatic N) is 4. The predicted octanol–water partition coefficient (Wildman–Crippen LogP) is 5.26. The summed E-state index contributed by atoms with van der Waals surface area (Å²) in [7, 11) is 0. The molecule has 1 saturated heterocycles. The van der Waals surface area contributed by atoms with E-state index in [0.29, 0.717) is 10.6 Å². The minimum absolute atomic E-state index is 0.0835. The van der Waals surface area contributed by atoms with Crippen LogP contribution in [0, 0.1) is 0 Å². The summed E-state index contributed by atoms with van der Waals surface area (Å²) in [6.07, 6.45) is 3.12. The molecule has 37 heavy (non-hydrogen) atoms. The highest BCUT2D eigenvalue weighted by Gasteiger charge is 2.61. The van der Waals surface area contributed by atoms with E-state index in [2.05, 4.69) is 36.0 Å². The van der Waals surface area contributed by atoms with E-state index in [1.165, 1.54) is 22.6 Å². The van der Waals surface area contributed by atoms with Crippen LogP contribution < -0.4 is 0 Å². The van der Waals surface area contributed by atoms with Gasteiger partial charge in [-0.15, -0.1) is 21.5 Å². The maximum atomic E-state index is 14.3. The summed E-state index contributed by atoms with van der Waals surface area (Å²) < 4.78 is 5.58. The van der Waals surface area contributed by atoms with Crippen molar-refractivity contribution in [1.82, 2.24) is 20.1 Å². The van der Waals surface area contributed by atoms with Crippen LogP contribution in [0.25, 0.3) is 0 Å². The maximum absolute atomic E-state index is 14.3. The van der Waals surface area contributed by atoms with Crippen LogP contribution in [0.15, 0.2) is 77.0 Å². The molecule has 1 aliphatic rings. The highest BCUT2D eigenvalue weighted by atomic mass is 32.1. The van der Waals surface area contributed by atoms with Crippen LogP contribution >= 0.6 is 11.3 Å². The van der Waals surface area contributed by atoms with E-state index in [9.17, 15) is 14.7 Å². The minimum Gasteiger partial charge on any atom is -0.479 e. The average Bonchev–Trinajstić information content (AvgIpc) is 3.64. The lowest BCUT2D eigenvalue weighted by molar-refractivity contribution is -0.149. The van der Waals surface area contributed by atoms with Crippen LogP contribution in [0.2, 0.25) is 0 Å². The van der Waals surface area contributed by atoms with E-state index in [0.717, 1.165) is 11.1 Å². The van der Waals surface area contributed by atoms with Gasteiger partial charge in [-0.2, -0.15) is 0 Å². The number of thiazole rings is 1. The number of benzene rings is 2. The van der Waals surface area contributed by atoms with Crippen molar-refractivity contribution in [2.24, 2.45) is 0 Å². The van der Waals surface area contributed by atoms with Gasteiger partial charge in [0.1, 0.15) is 10.5 Å². The standard InChI is InChI=1S/C28H28N4O4S/c1-27(2,3)20-11-9-19(10-12-20)25(33)32-22(24-29-13-14-37-24)21(23-31-30-17-36-23)16-28(32,26(34)35)15-18-7-5-4-6-8-18/h4-14,17,21-22H,15-16H2,1-3H3,(H,34,35)/t21-,22+,28-/m0/s1. The van der Waals surface area contributed by atoms with Crippen molar-refractivity contribution in [2.75, 3.05) is 0 Å². The van der Waals surface area contributed by atoms with Crippen LogP contribution in [0.3, 0.4) is 0 Å². The molecule has 0 saturated carbocycles. The summed E-state index contributed by atoms with van der Waals surface area (Å²) in [6.45, 7) is 6.31. The Morgan fingerprint density at radius 2 is 1.86 bits per heavy atom. The zero-order valence-corrected chi connectivity index (χ0v) is 21.7. The van der Waals surface area contributed by atoms with Gasteiger partial charge in [0.15, 0.2) is 0 Å². The SMILES string of the molecule is CC(C)(C)c1ccc(C(=O)N2[C@@H](c3nccs3)[C@@H](c3nnco3)C[C@@]2(Cc2ccccc2)C(=O)O)cc1. The molecule has 4 aromatic rings. The zero-order valence-electron chi connectivity index (χ0n) is 20.9. The lowest BCUT2D eigenvalue weighted by atomic mass is 9.84. The Morgan fingerprint density at radius 3 is 2.43 bits per heavy atom. The minimum atomic E-state index is -1.56. The molecule has 1 fully saturated rings. The molecule has 2 aromatic heterocycles. The van der Waals surface area contributed by atoms with Gasteiger partial charge in [-0.3, -0.25) is 4.79 Å². The second-order valence-electron chi connectivity index (χ2n) is 10.4. The van der Waals surface area contributed by atoms with Gasteiger partial charge in [-0.25, -0.2) is 9.78 Å². The third-order valence-electron chi connectivity index (χ3n) is 7.03. The van der Waals surface area contributed by atoms with Crippen molar-refractivity contribution in [3.05, 3.63) is 100 Å². The number of likely N-dealkylation sites (tertiary alicyclic amines) is 1. The summed E-state index contributed by atoms with van der Waals surface area (Å²) in [4.78, 5) is 33.5. The van der Waals surface area contributed by atoms with Gasteiger partial charge in [0.2, 0.25) is 12.3 Å². The molecule has 0 spiro atoms. The monoisotopic (exact) mass is 516 g/mol. The number of carbonyl (C=O) groups excluding carboxylic acids is 1. The second kappa shape index (κ2) is 9.55. The molecule has 1 amide bonds. The van der Waals surface area contributed by atoms with E-state index >= 15 is 0 Å². The fourth-order valence-electron chi connectivity index (χ4n) is 5.18. The number of rotatable bonds is 6. The van der Waals surface area contributed by atoms with Gasteiger partial charge in [0.05, 0.1) is 12.0 Å². The van der Waals surface area contributed by atoms with Crippen molar-refractivity contribution in [3.8, 4) is 0 Å². The number of carboxylic acids is 1. The molecule has 2 aromatic carbocycles. The summed E-state index contributed by atoms with van der Waals surface area (Å²) in [5, 5.41) is 21.2. The van der Waals surface area contributed by atoms with E-state index in [1.807, 2.05) is 47.8 Å². The summed E-state index contributed by atoms with van der Waals surface area (Å²) in [5.74, 6) is -1.70. The van der Waals surface area contributed by atoms with E-state index < -0.39 is 23.5 Å². The van der Waals surface area contributed by atoms with Crippen molar-refractivity contribution >= 4 is 23.2 Å². The normalized spacial score (nSPS) is 21.8. The lowest BCUT2D eigenvalue weighted by Crippen LogP contribution is -2.55. The van der Waals surface area contributed by atoms with Crippen molar-refractivity contribution in [2.45, 2.75) is 56.5 Å². The van der Waals surface area contributed by atoms with Crippen molar-refractivity contribution in [1.29, 1.82) is 0 Å². The van der Waals surface area contributed by atoms with Gasteiger partial charge >= 0.3 is 5.97 Å². The van der Waals surface area contributed by atoms with E-state index in [-0.39, 0.29) is 30.1 Å². The van der Waals surface area contributed by atoms with E-state index in [1.54, 1.807) is 18.3 Å². The number of carbonyl (C=O) groups is 2. The molecule has 3 heterocycles. The number of aliphatic carboxylic acids is 1. The highest BCUT2D eigenvalue weighted by Crippen LogP contribution is 2.53. The Balaban J connectivity index is 1.68. The Labute approximate surface area is 219 Å². The zero-order chi connectivity index (χ0) is 26.2. The van der Waals surface area contributed by atoms with Gasteiger partial charge in [0, 0.05) is 23.6 Å². The second-order valence-corrected chi connectivity index (χ2v) is 11.3. The topological polar surface area (TPSA) is 109 Å². The van der Waals surface area contributed by atoms with Crippen LogP contribution in [0.5, 0.6) is 0 Å². The van der Waals surface area contributed by atoms with Crippen LogP contribution in [0.4, 0.5) is 0 Å². The molecule has 0 radical (unpaired) electrons. The molecular formula is C28H28N4O4S. The van der Waals surface area contributed by atoms with Gasteiger partial charge in [-0.05, 0) is 35.1 Å². The molecule has 5 rings (SSSR count). The average molecular weight is 517 g/mol. The van der Waals surface area contributed by atoms with Crippen LogP contribution in [0.1, 0.15) is 71.5 Å². The molecule has 1 N–H and O–H groups in total. The molecule has 0 bridgehead atoms. The van der Waals surface area contributed by atoms with Crippen molar-refractivity contribution in [3.63, 3.8) is 0 Å². The first-order chi connectivity index (χ1) is 17.7. The molecular weight excluding hydrogens is 488 g/mol. The molecule has 0 unspecified atom stereocenters. The third-order valence-corrected chi connectivity index (χ3v) is 7.88. The molecule has 8 nitrogen and oxygen atoms in total. The third kappa shape index (κ3) is 4.55. The number of aromatic nitrogens is 3. The fourth-order valence-corrected chi connectivity index (χ4v) is 5.97. The van der Waals surface area contributed by atoms with Crippen molar-refractivity contribution < 1.29 is 19.1 Å². The first-order valence-corrected chi connectivity index (χ1v) is 13.0. The number of hydrogen-bond acceptors (Lipinski definition) is 7. The lowest BCUT2D eigenvalue weighted by Gasteiger charge is -2.38. The molecule has 1 aliphatic heterocycles. The molecule has 9 heteroatoms. The summed E-state index contributed by atoms with van der Waals surface area (Å²) >= 11 is 1.37. The number of amides is 1.